The minimum absolute atomic E-state index is 0.369. The standard InChI is InChI=1S/C12H11BrN2O/c13-12-14-11(16-15-12)10-6-5-8-3-1-2-4-9(8)7-10/h1-4,10H,5-7H2. The number of halogens is 1. The maximum absolute atomic E-state index is 5.21. The Labute approximate surface area is 102 Å². The van der Waals surface area contributed by atoms with Crippen LogP contribution in [0.15, 0.2) is 33.5 Å². The number of rotatable bonds is 1. The van der Waals surface area contributed by atoms with E-state index in [9.17, 15) is 0 Å². The van der Waals surface area contributed by atoms with Gasteiger partial charge < -0.3 is 4.52 Å². The SMILES string of the molecule is Brc1noc(C2CCc3ccccc3C2)n1. The molecule has 0 saturated carbocycles. The van der Waals surface area contributed by atoms with Crippen molar-refractivity contribution in [3.63, 3.8) is 0 Å². The van der Waals surface area contributed by atoms with Crippen LogP contribution in [0.1, 0.15) is 29.4 Å². The Kier molecular flexibility index (Phi) is 2.52. The second kappa shape index (κ2) is 4.01. The molecule has 0 radical (unpaired) electrons. The van der Waals surface area contributed by atoms with Gasteiger partial charge in [0.25, 0.3) is 0 Å². The van der Waals surface area contributed by atoms with E-state index < -0.39 is 0 Å². The summed E-state index contributed by atoms with van der Waals surface area (Å²) >= 11 is 3.21. The van der Waals surface area contributed by atoms with Crippen LogP contribution < -0.4 is 0 Å². The molecule has 0 bridgehead atoms. The molecule has 2 aromatic rings. The summed E-state index contributed by atoms with van der Waals surface area (Å²) in [5.74, 6) is 1.12. The lowest BCUT2D eigenvalue weighted by molar-refractivity contribution is 0.338. The molecule has 0 fully saturated rings. The Hall–Kier alpha value is -1.16. The van der Waals surface area contributed by atoms with Crippen molar-refractivity contribution in [2.24, 2.45) is 0 Å². The third-order valence-corrected chi connectivity index (χ3v) is 3.44. The van der Waals surface area contributed by atoms with E-state index >= 15 is 0 Å². The third kappa shape index (κ3) is 1.78. The van der Waals surface area contributed by atoms with Crippen molar-refractivity contribution in [2.45, 2.75) is 25.2 Å². The maximum Gasteiger partial charge on any atom is 0.238 e. The van der Waals surface area contributed by atoms with Crippen molar-refractivity contribution >= 4 is 15.9 Å². The first kappa shape index (κ1) is 10.0. The minimum Gasteiger partial charge on any atom is -0.338 e. The van der Waals surface area contributed by atoms with Crippen LogP contribution in [0.5, 0.6) is 0 Å². The van der Waals surface area contributed by atoms with E-state index in [-0.39, 0.29) is 0 Å². The van der Waals surface area contributed by atoms with Gasteiger partial charge in [-0.1, -0.05) is 24.3 Å². The van der Waals surface area contributed by atoms with Crippen LogP contribution >= 0.6 is 15.9 Å². The molecule has 16 heavy (non-hydrogen) atoms. The van der Waals surface area contributed by atoms with Crippen molar-refractivity contribution in [3.05, 3.63) is 46.0 Å². The van der Waals surface area contributed by atoms with Crippen LogP contribution in [0.4, 0.5) is 0 Å². The predicted molar refractivity (Wildman–Crippen MR) is 63.2 cm³/mol. The van der Waals surface area contributed by atoms with Crippen molar-refractivity contribution < 1.29 is 4.52 Å². The highest BCUT2D eigenvalue weighted by Gasteiger charge is 2.24. The van der Waals surface area contributed by atoms with Gasteiger partial charge in [-0.05, 0) is 51.5 Å². The fourth-order valence-electron chi connectivity index (χ4n) is 2.29. The lowest BCUT2D eigenvalue weighted by atomic mass is 9.84. The monoisotopic (exact) mass is 278 g/mol. The van der Waals surface area contributed by atoms with Gasteiger partial charge in [-0.25, -0.2) is 0 Å². The average molecular weight is 279 g/mol. The lowest BCUT2D eigenvalue weighted by Gasteiger charge is -2.21. The van der Waals surface area contributed by atoms with E-state index in [1.54, 1.807) is 0 Å². The van der Waals surface area contributed by atoms with Gasteiger partial charge in [0.2, 0.25) is 10.6 Å². The van der Waals surface area contributed by atoms with Gasteiger partial charge >= 0.3 is 0 Å². The molecule has 1 heterocycles. The van der Waals surface area contributed by atoms with E-state index in [1.807, 2.05) is 0 Å². The first-order valence-electron chi connectivity index (χ1n) is 5.39. The molecule has 0 amide bonds. The molecule has 3 nitrogen and oxygen atoms in total. The quantitative estimate of drug-likeness (QED) is 0.805. The van der Waals surface area contributed by atoms with Crippen LogP contribution in [0.25, 0.3) is 0 Å². The lowest BCUT2D eigenvalue weighted by Crippen LogP contribution is -2.12. The second-order valence-electron chi connectivity index (χ2n) is 4.11. The molecule has 4 heteroatoms. The third-order valence-electron chi connectivity index (χ3n) is 3.11. The normalized spacial score (nSPS) is 19.4. The van der Waals surface area contributed by atoms with Gasteiger partial charge in [0.15, 0.2) is 0 Å². The molecule has 3 rings (SSSR count). The van der Waals surface area contributed by atoms with E-state index in [4.69, 9.17) is 4.52 Å². The summed E-state index contributed by atoms with van der Waals surface area (Å²) in [5.41, 5.74) is 2.87. The molecule has 1 aliphatic rings. The summed E-state index contributed by atoms with van der Waals surface area (Å²) in [4.78, 5) is 4.25. The molecule has 82 valence electrons. The number of fused-ring (bicyclic) bond motifs is 1. The van der Waals surface area contributed by atoms with E-state index in [0.717, 1.165) is 25.2 Å². The number of aryl methyl sites for hydroxylation is 1. The Morgan fingerprint density at radius 2 is 2.06 bits per heavy atom. The Morgan fingerprint density at radius 3 is 2.81 bits per heavy atom. The molecule has 1 aliphatic carbocycles. The second-order valence-corrected chi connectivity index (χ2v) is 4.82. The molecule has 0 aliphatic heterocycles. The topological polar surface area (TPSA) is 38.9 Å². The first-order chi connectivity index (χ1) is 7.83. The number of hydrogen-bond donors (Lipinski definition) is 0. The highest BCUT2D eigenvalue weighted by atomic mass is 79.9. The van der Waals surface area contributed by atoms with Crippen molar-refractivity contribution in [1.29, 1.82) is 0 Å². The molecule has 1 unspecified atom stereocenters. The highest BCUT2D eigenvalue weighted by Crippen LogP contribution is 2.31. The Balaban J connectivity index is 1.88. The number of nitrogens with zero attached hydrogens (tertiary/aromatic N) is 2. The van der Waals surface area contributed by atoms with Crippen LogP contribution in [0.2, 0.25) is 0 Å². The fourth-order valence-corrected chi connectivity index (χ4v) is 2.54. The van der Waals surface area contributed by atoms with Crippen molar-refractivity contribution in [1.82, 2.24) is 10.1 Å². The Morgan fingerprint density at radius 1 is 1.25 bits per heavy atom. The zero-order valence-corrected chi connectivity index (χ0v) is 10.3. The van der Waals surface area contributed by atoms with Gasteiger partial charge in [-0.2, -0.15) is 4.98 Å². The Bertz CT molecular complexity index is 509. The van der Waals surface area contributed by atoms with Crippen molar-refractivity contribution in [3.8, 4) is 0 Å². The summed E-state index contributed by atoms with van der Waals surface area (Å²) in [5, 5.41) is 3.78. The van der Waals surface area contributed by atoms with Gasteiger partial charge in [-0.3, -0.25) is 0 Å². The molecule has 1 aromatic carbocycles. The molecule has 1 atom stereocenters. The summed E-state index contributed by atoms with van der Waals surface area (Å²) in [6.45, 7) is 0. The van der Waals surface area contributed by atoms with E-state index in [2.05, 4.69) is 50.3 Å². The zero-order valence-electron chi connectivity index (χ0n) is 8.69. The molecule has 0 saturated heterocycles. The number of benzene rings is 1. The predicted octanol–water partition coefficient (Wildman–Crippen LogP) is 3.10. The van der Waals surface area contributed by atoms with Gasteiger partial charge in [0, 0.05) is 5.92 Å². The summed E-state index contributed by atoms with van der Waals surface area (Å²) < 4.78 is 5.75. The molecular weight excluding hydrogens is 268 g/mol. The van der Waals surface area contributed by atoms with Crippen LogP contribution in [0, 0.1) is 0 Å². The number of hydrogen-bond acceptors (Lipinski definition) is 3. The van der Waals surface area contributed by atoms with E-state index in [0.29, 0.717) is 10.7 Å². The van der Waals surface area contributed by atoms with Crippen molar-refractivity contribution in [2.75, 3.05) is 0 Å². The summed E-state index contributed by atoms with van der Waals surface area (Å²) in [6, 6.07) is 8.58. The largest absolute Gasteiger partial charge is 0.338 e. The van der Waals surface area contributed by atoms with Crippen LogP contribution in [-0.4, -0.2) is 10.1 Å². The summed E-state index contributed by atoms with van der Waals surface area (Å²) in [7, 11) is 0. The smallest absolute Gasteiger partial charge is 0.238 e. The first-order valence-corrected chi connectivity index (χ1v) is 6.18. The van der Waals surface area contributed by atoms with E-state index in [1.165, 1.54) is 11.1 Å². The molecular formula is C12H11BrN2O. The molecule has 1 aromatic heterocycles. The molecule has 0 N–H and O–H groups in total. The van der Waals surface area contributed by atoms with Gasteiger partial charge in [-0.15, -0.1) is 0 Å². The fraction of sp³-hybridized carbons (Fsp3) is 0.333. The zero-order chi connectivity index (χ0) is 11.0. The van der Waals surface area contributed by atoms with Crippen LogP contribution in [0.3, 0.4) is 0 Å². The van der Waals surface area contributed by atoms with Gasteiger partial charge in [0.1, 0.15) is 0 Å². The molecule has 0 spiro atoms. The number of aromatic nitrogens is 2. The maximum atomic E-state index is 5.21. The van der Waals surface area contributed by atoms with Gasteiger partial charge in [0.05, 0.1) is 0 Å². The van der Waals surface area contributed by atoms with Crippen LogP contribution in [-0.2, 0) is 12.8 Å². The minimum atomic E-state index is 0.369. The summed E-state index contributed by atoms with van der Waals surface area (Å²) in [6.07, 6.45) is 3.19. The average Bonchev–Trinajstić information content (AvgIpc) is 2.75. The highest BCUT2D eigenvalue weighted by molar-refractivity contribution is 9.10.